The van der Waals surface area contributed by atoms with Crippen LogP contribution in [0.15, 0.2) is 36.8 Å². The van der Waals surface area contributed by atoms with Gasteiger partial charge in [-0.1, -0.05) is 6.07 Å². The molecule has 3 aromatic heterocycles. The van der Waals surface area contributed by atoms with Gasteiger partial charge in [0.2, 0.25) is 5.82 Å². The first-order chi connectivity index (χ1) is 11.7. The lowest BCUT2D eigenvalue weighted by molar-refractivity contribution is 0.0621. The molecule has 1 aliphatic rings. The quantitative estimate of drug-likeness (QED) is 0.743. The molecule has 0 radical (unpaired) electrons. The maximum Gasteiger partial charge on any atom is 0.294 e. The maximum absolute atomic E-state index is 13.0. The number of nitrogens with zero attached hydrogens (tertiary/aromatic N) is 6. The average molecular weight is 323 g/mol. The van der Waals surface area contributed by atoms with E-state index in [1.807, 2.05) is 25.1 Å². The molecule has 1 saturated heterocycles. The molecule has 0 bridgehead atoms. The van der Waals surface area contributed by atoms with E-state index < -0.39 is 0 Å². The van der Waals surface area contributed by atoms with E-state index in [-0.39, 0.29) is 17.8 Å². The third kappa shape index (κ3) is 2.50. The molecule has 1 aliphatic heterocycles. The number of hydrogen-bond acceptors (Lipinski definition) is 6. The van der Waals surface area contributed by atoms with E-state index in [1.165, 1.54) is 0 Å². The van der Waals surface area contributed by atoms with Gasteiger partial charge in [-0.2, -0.15) is 4.98 Å². The van der Waals surface area contributed by atoms with E-state index >= 15 is 0 Å². The highest BCUT2D eigenvalue weighted by Gasteiger charge is 2.31. The standard InChI is InChI=1S/C16H17N7O/c1-11-4-6-19-16-20-14(21-23(11)16)15(24)22-8-7-18-10-13(22)12-3-2-5-17-9-12/h2-6,9,13,18H,7-8,10H2,1H3. The van der Waals surface area contributed by atoms with Crippen molar-refractivity contribution in [2.45, 2.75) is 13.0 Å². The van der Waals surface area contributed by atoms with Crippen LogP contribution >= 0.6 is 0 Å². The molecule has 8 heteroatoms. The average Bonchev–Trinajstić information content (AvgIpc) is 3.08. The van der Waals surface area contributed by atoms with Gasteiger partial charge in [-0.25, -0.2) is 9.50 Å². The lowest BCUT2D eigenvalue weighted by atomic mass is 10.1. The smallest absolute Gasteiger partial charge is 0.294 e. The number of piperazine rings is 1. The SMILES string of the molecule is Cc1ccnc2nc(C(=O)N3CCNCC3c3cccnc3)nn12. The molecule has 122 valence electrons. The van der Waals surface area contributed by atoms with Crippen molar-refractivity contribution < 1.29 is 4.79 Å². The summed E-state index contributed by atoms with van der Waals surface area (Å²) in [5.41, 5.74) is 1.88. The topological polar surface area (TPSA) is 88.3 Å². The van der Waals surface area contributed by atoms with Gasteiger partial charge in [-0.05, 0) is 24.6 Å². The van der Waals surface area contributed by atoms with Crippen molar-refractivity contribution in [3.63, 3.8) is 0 Å². The van der Waals surface area contributed by atoms with Gasteiger partial charge in [-0.15, -0.1) is 5.10 Å². The summed E-state index contributed by atoms with van der Waals surface area (Å²) in [7, 11) is 0. The van der Waals surface area contributed by atoms with Gasteiger partial charge in [0.15, 0.2) is 0 Å². The lowest BCUT2D eigenvalue weighted by Crippen LogP contribution is -2.49. The molecule has 1 N–H and O–H groups in total. The molecule has 24 heavy (non-hydrogen) atoms. The van der Waals surface area contributed by atoms with E-state index in [0.29, 0.717) is 18.9 Å². The lowest BCUT2D eigenvalue weighted by Gasteiger charge is -2.35. The largest absolute Gasteiger partial charge is 0.326 e. The minimum atomic E-state index is -0.185. The van der Waals surface area contributed by atoms with Crippen LogP contribution in [-0.2, 0) is 0 Å². The molecule has 0 aromatic carbocycles. The molecule has 4 rings (SSSR count). The fourth-order valence-corrected chi connectivity index (χ4v) is 2.94. The zero-order valence-electron chi connectivity index (χ0n) is 13.3. The van der Waals surface area contributed by atoms with E-state index in [9.17, 15) is 4.79 Å². The molecule has 0 saturated carbocycles. The number of carbonyl (C=O) groups excluding carboxylic acids is 1. The number of carbonyl (C=O) groups is 1. The van der Waals surface area contributed by atoms with Crippen LogP contribution in [-0.4, -0.2) is 55.0 Å². The van der Waals surface area contributed by atoms with Crippen LogP contribution in [0.2, 0.25) is 0 Å². The zero-order valence-corrected chi connectivity index (χ0v) is 13.3. The predicted octanol–water partition coefficient (Wildman–Crippen LogP) is 0.614. The molecule has 0 spiro atoms. The number of amides is 1. The molecular weight excluding hydrogens is 306 g/mol. The molecular formula is C16H17N7O. The number of rotatable bonds is 2. The Balaban J connectivity index is 1.69. The summed E-state index contributed by atoms with van der Waals surface area (Å²) in [6, 6.07) is 5.61. The van der Waals surface area contributed by atoms with E-state index in [1.54, 1.807) is 28.0 Å². The number of pyridine rings is 1. The Hall–Kier alpha value is -2.87. The second-order valence-electron chi connectivity index (χ2n) is 5.74. The van der Waals surface area contributed by atoms with Crippen LogP contribution in [0.4, 0.5) is 0 Å². The van der Waals surface area contributed by atoms with Crippen LogP contribution in [0.25, 0.3) is 5.78 Å². The van der Waals surface area contributed by atoms with Gasteiger partial charge in [-0.3, -0.25) is 9.78 Å². The summed E-state index contributed by atoms with van der Waals surface area (Å²) in [6.45, 7) is 3.93. The highest BCUT2D eigenvalue weighted by Crippen LogP contribution is 2.23. The summed E-state index contributed by atoms with van der Waals surface area (Å²) in [6.07, 6.45) is 5.18. The van der Waals surface area contributed by atoms with Crippen LogP contribution in [0.5, 0.6) is 0 Å². The number of fused-ring (bicyclic) bond motifs is 1. The van der Waals surface area contributed by atoms with Crippen molar-refractivity contribution in [3.05, 3.63) is 53.9 Å². The minimum Gasteiger partial charge on any atom is -0.326 e. The van der Waals surface area contributed by atoms with Crippen molar-refractivity contribution in [2.75, 3.05) is 19.6 Å². The second kappa shape index (κ2) is 5.97. The summed E-state index contributed by atoms with van der Waals surface area (Å²) >= 11 is 0. The van der Waals surface area contributed by atoms with Crippen molar-refractivity contribution in [1.82, 2.24) is 34.8 Å². The first-order valence-electron chi connectivity index (χ1n) is 7.84. The molecule has 4 heterocycles. The third-order valence-corrected chi connectivity index (χ3v) is 4.19. The van der Waals surface area contributed by atoms with Crippen LogP contribution in [0.3, 0.4) is 0 Å². The molecule has 1 fully saturated rings. The molecule has 3 aromatic rings. The summed E-state index contributed by atoms with van der Waals surface area (Å²) < 4.78 is 1.59. The van der Waals surface area contributed by atoms with E-state index in [2.05, 4.69) is 25.4 Å². The predicted molar refractivity (Wildman–Crippen MR) is 86.4 cm³/mol. The normalized spacial score (nSPS) is 18.0. The van der Waals surface area contributed by atoms with Crippen molar-refractivity contribution >= 4 is 11.7 Å². The Morgan fingerprint density at radius 3 is 3.04 bits per heavy atom. The Kier molecular flexibility index (Phi) is 3.66. The minimum absolute atomic E-state index is 0.0828. The Labute approximate surface area is 138 Å². The Bertz CT molecular complexity index is 877. The van der Waals surface area contributed by atoms with Gasteiger partial charge < -0.3 is 10.2 Å². The second-order valence-corrected chi connectivity index (χ2v) is 5.74. The van der Waals surface area contributed by atoms with Gasteiger partial charge in [0.25, 0.3) is 11.7 Å². The highest BCUT2D eigenvalue weighted by molar-refractivity contribution is 5.91. The number of aromatic nitrogens is 5. The maximum atomic E-state index is 13.0. The highest BCUT2D eigenvalue weighted by atomic mass is 16.2. The fourth-order valence-electron chi connectivity index (χ4n) is 2.94. The number of hydrogen-bond donors (Lipinski definition) is 1. The first-order valence-corrected chi connectivity index (χ1v) is 7.84. The molecule has 1 unspecified atom stereocenters. The van der Waals surface area contributed by atoms with Crippen LogP contribution in [0.1, 0.15) is 27.9 Å². The first kappa shape index (κ1) is 14.7. The molecule has 1 atom stereocenters. The monoisotopic (exact) mass is 323 g/mol. The number of nitrogens with one attached hydrogen (secondary N) is 1. The van der Waals surface area contributed by atoms with E-state index in [0.717, 1.165) is 17.8 Å². The molecule has 0 aliphatic carbocycles. The van der Waals surface area contributed by atoms with Gasteiger partial charge in [0.05, 0.1) is 6.04 Å². The van der Waals surface area contributed by atoms with Crippen molar-refractivity contribution in [3.8, 4) is 0 Å². The Morgan fingerprint density at radius 1 is 1.33 bits per heavy atom. The summed E-state index contributed by atoms with van der Waals surface area (Å²) in [4.78, 5) is 27.4. The van der Waals surface area contributed by atoms with E-state index in [4.69, 9.17) is 0 Å². The van der Waals surface area contributed by atoms with Crippen molar-refractivity contribution in [1.29, 1.82) is 0 Å². The summed E-state index contributed by atoms with van der Waals surface area (Å²) in [5, 5.41) is 7.66. The molecule has 1 amide bonds. The van der Waals surface area contributed by atoms with Gasteiger partial charge >= 0.3 is 0 Å². The van der Waals surface area contributed by atoms with Crippen LogP contribution in [0, 0.1) is 6.92 Å². The number of aryl methyl sites for hydroxylation is 1. The zero-order chi connectivity index (χ0) is 16.5. The Morgan fingerprint density at radius 2 is 2.25 bits per heavy atom. The fraction of sp³-hybridized carbons (Fsp3) is 0.312. The van der Waals surface area contributed by atoms with Gasteiger partial charge in [0.1, 0.15) is 0 Å². The van der Waals surface area contributed by atoms with Gasteiger partial charge in [0, 0.05) is 43.9 Å². The summed E-state index contributed by atoms with van der Waals surface area (Å²) in [5.74, 6) is 0.425. The third-order valence-electron chi connectivity index (χ3n) is 4.19. The van der Waals surface area contributed by atoms with Crippen molar-refractivity contribution in [2.24, 2.45) is 0 Å². The molecule has 8 nitrogen and oxygen atoms in total. The van der Waals surface area contributed by atoms with Crippen LogP contribution < -0.4 is 5.32 Å².